The SMILES string of the molecule is COc1ccccc1N(CCO)Cc1nn(-c2ccccc2)c2c1CCC2. The zero-order valence-electron chi connectivity index (χ0n) is 15.6. The van der Waals surface area contributed by atoms with E-state index in [1.54, 1.807) is 7.11 Å². The van der Waals surface area contributed by atoms with Gasteiger partial charge in [0, 0.05) is 12.2 Å². The zero-order valence-corrected chi connectivity index (χ0v) is 15.6. The summed E-state index contributed by atoms with van der Waals surface area (Å²) in [7, 11) is 1.68. The van der Waals surface area contributed by atoms with Crippen LogP contribution in [0.5, 0.6) is 5.75 Å². The van der Waals surface area contributed by atoms with E-state index >= 15 is 0 Å². The molecule has 1 heterocycles. The van der Waals surface area contributed by atoms with Crippen LogP contribution in [-0.2, 0) is 19.4 Å². The molecule has 3 aromatic rings. The number of aliphatic hydroxyl groups is 1. The van der Waals surface area contributed by atoms with Gasteiger partial charge in [-0.2, -0.15) is 5.10 Å². The topological polar surface area (TPSA) is 50.5 Å². The fraction of sp³-hybridized carbons (Fsp3) is 0.318. The van der Waals surface area contributed by atoms with Crippen molar-refractivity contribution < 1.29 is 9.84 Å². The molecule has 0 atom stereocenters. The number of nitrogens with zero attached hydrogens (tertiary/aromatic N) is 3. The number of rotatable bonds is 7. The highest BCUT2D eigenvalue weighted by Gasteiger charge is 2.25. The highest BCUT2D eigenvalue weighted by atomic mass is 16.5. The first-order chi connectivity index (χ1) is 13.3. The standard InChI is InChI=1S/C22H25N3O2/c1-27-22-13-6-5-11-21(22)24(14-15-26)16-19-18-10-7-12-20(18)25(23-19)17-8-3-2-4-9-17/h2-6,8-9,11,13,26H,7,10,12,14-16H2,1H3. The fourth-order valence-electron chi connectivity index (χ4n) is 3.90. The molecular weight excluding hydrogens is 338 g/mol. The molecule has 1 aliphatic carbocycles. The van der Waals surface area contributed by atoms with E-state index in [2.05, 4.69) is 21.7 Å². The first-order valence-electron chi connectivity index (χ1n) is 9.45. The van der Waals surface area contributed by atoms with Crippen molar-refractivity contribution >= 4 is 5.69 Å². The van der Waals surface area contributed by atoms with Crippen LogP contribution in [0, 0.1) is 0 Å². The Hall–Kier alpha value is -2.79. The van der Waals surface area contributed by atoms with E-state index in [-0.39, 0.29) is 6.61 Å². The second-order valence-corrected chi connectivity index (χ2v) is 6.79. The van der Waals surface area contributed by atoms with E-state index < -0.39 is 0 Å². The van der Waals surface area contributed by atoms with Gasteiger partial charge in [-0.05, 0) is 49.1 Å². The van der Waals surface area contributed by atoms with Crippen molar-refractivity contribution in [2.45, 2.75) is 25.8 Å². The number of aliphatic hydroxyl groups excluding tert-OH is 1. The predicted molar refractivity (Wildman–Crippen MR) is 107 cm³/mol. The van der Waals surface area contributed by atoms with Gasteiger partial charge in [0.25, 0.3) is 0 Å². The van der Waals surface area contributed by atoms with Crippen molar-refractivity contribution in [1.29, 1.82) is 0 Å². The Labute approximate surface area is 159 Å². The quantitative estimate of drug-likeness (QED) is 0.699. The Morgan fingerprint density at radius 1 is 1.07 bits per heavy atom. The summed E-state index contributed by atoms with van der Waals surface area (Å²) >= 11 is 0. The molecule has 1 aromatic heterocycles. The maximum absolute atomic E-state index is 9.61. The summed E-state index contributed by atoms with van der Waals surface area (Å²) < 4.78 is 7.62. The normalized spacial score (nSPS) is 12.8. The van der Waals surface area contributed by atoms with Crippen molar-refractivity contribution in [2.24, 2.45) is 0 Å². The molecule has 1 aliphatic rings. The number of para-hydroxylation sites is 3. The van der Waals surface area contributed by atoms with Crippen LogP contribution in [0.4, 0.5) is 5.69 Å². The Morgan fingerprint density at radius 2 is 1.85 bits per heavy atom. The molecule has 5 nitrogen and oxygen atoms in total. The second-order valence-electron chi connectivity index (χ2n) is 6.79. The average Bonchev–Trinajstić information content (AvgIpc) is 3.32. The average molecular weight is 363 g/mol. The molecule has 4 rings (SSSR count). The monoisotopic (exact) mass is 363 g/mol. The van der Waals surface area contributed by atoms with Crippen LogP contribution in [0.1, 0.15) is 23.4 Å². The largest absolute Gasteiger partial charge is 0.495 e. The molecule has 5 heteroatoms. The predicted octanol–water partition coefficient (Wildman–Crippen LogP) is 3.37. The van der Waals surface area contributed by atoms with Crippen LogP contribution in [0.3, 0.4) is 0 Å². The van der Waals surface area contributed by atoms with Gasteiger partial charge in [-0.25, -0.2) is 4.68 Å². The summed E-state index contributed by atoms with van der Waals surface area (Å²) in [6, 6.07) is 18.3. The smallest absolute Gasteiger partial charge is 0.142 e. The van der Waals surface area contributed by atoms with Crippen molar-refractivity contribution in [3.05, 3.63) is 71.5 Å². The molecule has 0 saturated heterocycles. The molecule has 2 aromatic carbocycles. The molecule has 0 fully saturated rings. The minimum Gasteiger partial charge on any atom is -0.495 e. The molecule has 0 bridgehead atoms. The van der Waals surface area contributed by atoms with Crippen LogP contribution >= 0.6 is 0 Å². The Bertz CT molecular complexity index is 905. The lowest BCUT2D eigenvalue weighted by atomic mass is 10.1. The number of ether oxygens (including phenoxy) is 1. The molecule has 0 saturated carbocycles. The summed E-state index contributed by atoms with van der Waals surface area (Å²) in [4.78, 5) is 2.15. The lowest BCUT2D eigenvalue weighted by Crippen LogP contribution is -2.27. The Balaban J connectivity index is 1.70. The van der Waals surface area contributed by atoms with E-state index in [1.807, 2.05) is 42.5 Å². The van der Waals surface area contributed by atoms with E-state index in [4.69, 9.17) is 9.84 Å². The van der Waals surface area contributed by atoms with E-state index in [9.17, 15) is 5.11 Å². The second kappa shape index (κ2) is 7.84. The summed E-state index contributed by atoms with van der Waals surface area (Å²) in [5, 5.41) is 14.6. The van der Waals surface area contributed by atoms with Crippen LogP contribution in [-0.4, -0.2) is 35.1 Å². The molecule has 0 unspecified atom stereocenters. The highest BCUT2D eigenvalue weighted by Crippen LogP contribution is 2.32. The van der Waals surface area contributed by atoms with Crippen LogP contribution in [0.15, 0.2) is 54.6 Å². The number of aromatic nitrogens is 2. The lowest BCUT2D eigenvalue weighted by Gasteiger charge is -2.25. The molecule has 0 spiro atoms. The molecular formula is C22H25N3O2. The number of methoxy groups -OCH3 is 1. The van der Waals surface area contributed by atoms with Gasteiger partial charge in [-0.3, -0.25) is 0 Å². The van der Waals surface area contributed by atoms with Gasteiger partial charge < -0.3 is 14.7 Å². The molecule has 0 radical (unpaired) electrons. The Morgan fingerprint density at radius 3 is 2.63 bits per heavy atom. The number of fused-ring (bicyclic) bond motifs is 1. The number of hydrogen-bond donors (Lipinski definition) is 1. The first-order valence-corrected chi connectivity index (χ1v) is 9.45. The number of benzene rings is 2. The van der Waals surface area contributed by atoms with Gasteiger partial charge in [-0.15, -0.1) is 0 Å². The summed E-state index contributed by atoms with van der Waals surface area (Å²) in [6.07, 6.45) is 3.30. The summed E-state index contributed by atoms with van der Waals surface area (Å²) in [5.41, 5.74) is 5.85. The summed E-state index contributed by atoms with van der Waals surface area (Å²) in [6.45, 7) is 1.27. The van der Waals surface area contributed by atoms with Gasteiger partial charge in [-0.1, -0.05) is 30.3 Å². The van der Waals surface area contributed by atoms with Gasteiger partial charge in [0.2, 0.25) is 0 Å². The highest BCUT2D eigenvalue weighted by molar-refractivity contribution is 5.59. The maximum Gasteiger partial charge on any atom is 0.142 e. The van der Waals surface area contributed by atoms with Crippen molar-refractivity contribution in [3.8, 4) is 11.4 Å². The molecule has 0 amide bonds. The zero-order chi connectivity index (χ0) is 18.6. The molecule has 27 heavy (non-hydrogen) atoms. The molecule has 0 aliphatic heterocycles. The minimum atomic E-state index is 0.0830. The van der Waals surface area contributed by atoms with Gasteiger partial charge in [0.05, 0.1) is 37.3 Å². The third kappa shape index (κ3) is 3.43. The third-order valence-corrected chi connectivity index (χ3v) is 5.15. The van der Waals surface area contributed by atoms with Crippen molar-refractivity contribution in [1.82, 2.24) is 9.78 Å². The summed E-state index contributed by atoms with van der Waals surface area (Å²) in [5.74, 6) is 0.810. The van der Waals surface area contributed by atoms with Crippen molar-refractivity contribution in [3.63, 3.8) is 0 Å². The number of anilines is 1. The van der Waals surface area contributed by atoms with E-state index in [0.29, 0.717) is 13.1 Å². The van der Waals surface area contributed by atoms with Crippen LogP contribution in [0.25, 0.3) is 5.69 Å². The van der Waals surface area contributed by atoms with Gasteiger partial charge in [0.1, 0.15) is 5.75 Å². The van der Waals surface area contributed by atoms with Crippen LogP contribution < -0.4 is 9.64 Å². The van der Waals surface area contributed by atoms with Gasteiger partial charge >= 0.3 is 0 Å². The third-order valence-electron chi connectivity index (χ3n) is 5.15. The van der Waals surface area contributed by atoms with Crippen molar-refractivity contribution in [2.75, 3.05) is 25.2 Å². The molecule has 140 valence electrons. The maximum atomic E-state index is 9.61. The minimum absolute atomic E-state index is 0.0830. The first kappa shape index (κ1) is 17.6. The Kier molecular flexibility index (Phi) is 5.12. The van der Waals surface area contributed by atoms with E-state index in [0.717, 1.165) is 35.7 Å². The van der Waals surface area contributed by atoms with Gasteiger partial charge in [0.15, 0.2) is 0 Å². The lowest BCUT2D eigenvalue weighted by molar-refractivity contribution is 0.300. The fourth-order valence-corrected chi connectivity index (χ4v) is 3.90. The van der Waals surface area contributed by atoms with Crippen LogP contribution in [0.2, 0.25) is 0 Å². The van der Waals surface area contributed by atoms with E-state index in [1.165, 1.54) is 17.7 Å². The number of hydrogen-bond acceptors (Lipinski definition) is 4. The molecule has 1 N–H and O–H groups in total.